The summed E-state index contributed by atoms with van der Waals surface area (Å²) in [5.74, 6) is 0.398. The van der Waals surface area contributed by atoms with Gasteiger partial charge in [0, 0.05) is 18.7 Å². The maximum absolute atomic E-state index is 13.4. The third-order valence-corrected chi connectivity index (χ3v) is 3.05. The molecule has 0 bridgehead atoms. The summed E-state index contributed by atoms with van der Waals surface area (Å²) in [4.78, 5) is 0. The van der Waals surface area contributed by atoms with Crippen molar-refractivity contribution in [2.45, 2.75) is 52.7 Å². The van der Waals surface area contributed by atoms with Crippen LogP contribution in [0.15, 0.2) is 24.3 Å². The zero-order chi connectivity index (χ0) is 15.2. The molecular weight excluding hydrogens is 253 g/mol. The fourth-order valence-electron chi connectivity index (χ4n) is 1.82. The predicted molar refractivity (Wildman–Crippen MR) is 82.3 cm³/mol. The van der Waals surface area contributed by atoms with E-state index in [9.17, 15) is 4.39 Å². The highest BCUT2D eigenvalue weighted by Gasteiger charge is 2.17. The van der Waals surface area contributed by atoms with Gasteiger partial charge in [-0.05, 0) is 50.8 Å². The number of halogens is 1. The van der Waals surface area contributed by atoms with Crippen LogP contribution in [-0.2, 0) is 4.74 Å². The molecule has 2 nitrogen and oxygen atoms in total. The zero-order valence-corrected chi connectivity index (χ0v) is 13.4. The van der Waals surface area contributed by atoms with Crippen molar-refractivity contribution in [3.05, 3.63) is 35.6 Å². The first kappa shape index (κ1) is 17.1. The second-order valence-corrected chi connectivity index (χ2v) is 6.73. The van der Waals surface area contributed by atoms with E-state index in [1.807, 2.05) is 6.07 Å². The zero-order valence-electron chi connectivity index (χ0n) is 13.4. The second-order valence-electron chi connectivity index (χ2n) is 6.73. The monoisotopic (exact) mass is 281 g/mol. The molecule has 114 valence electrons. The molecule has 0 spiro atoms. The molecule has 0 aliphatic heterocycles. The molecule has 1 aromatic carbocycles. The first-order chi connectivity index (χ1) is 9.28. The van der Waals surface area contributed by atoms with E-state index in [1.165, 1.54) is 6.07 Å². The summed E-state index contributed by atoms with van der Waals surface area (Å²) in [5.41, 5.74) is 0.915. The first-order valence-corrected chi connectivity index (χ1v) is 7.40. The Morgan fingerprint density at radius 2 is 1.95 bits per heavy atom. The summed E-state index contributed by atoms with van der Waals surface area (Å²) >= 11 is 0. The lowest BCUT2D eigenvalue weighted by Crippen LogP contribution is -2.39. The van der Waals surface area contributed by atoms with Crippen molar-refractivity contribution in [2.75, 3.05) is 13.2 Å². The van der Waals surface area contributed by atoms with Gasteiger partial charge in [-0.3, -0.25) is 0 Å². The Balaban J connectivity index is 2.68. The number of ether oxygens (including phenoxy) is 1. The van der Waals surface area contributed by atoms with E-state index in [2.05, 4.69) is 39.9 Å². The van der Waals surface area contributed by atoms with E-state index >= 15 is 0 Å². The molecule has 1 unspecified atom stereocenters. The molecule has 1 atom stereocenters. The van der Waals surface area contributed by atoms with Crippen molar-refractivity contribution in [3.8, 4) is 0 Å². The molecule has 1 rings (SSSR count). The van der Waals surface area contributed by atoms with Crippen LogP contribution in [0.2, 0.25) is 0 Å². The minimum absolute atomic E-state index is 0.0208. The Morgan fingerprint density at radius 1 is 1.25 bits per heavy atom. The molecule has 0 saturated heterocycles. The molecule has 0 amide bonds. The third-order valence-electron chi connectivity index (χ3n) is 3.05. The van der Waals surface area contributed by atoms with Gasteiger partial charge in [0.1, 0.15) is 5.82 Å². The van der Waals surface area contributed by atoms with Gasteiger partial charge in [-0.2, -0.15) is 0 Å². The average Bonchev–Trinajstić information content (AvgIpc) is 2.31. The van der Waals surface area contributed by atoms with Crippen LogP contribution in [0.5, 0.6) is 0 Å². The van der Waals surface area contributed by atoms with E-state index in [4.69, 9.17) is 4.74 Å². The van der Waals surface area contributed by atoms with Crippen LogP contribution in [0.25, 0.3) is 0 Å². The number of rotatable bonds is 7. The lowest BCUT2D eigenvalue weighted by molar-refractivity contribution is 0.0416. The Hall–Kier alpha value is -0.930. The number of hydrogen-bond donors (Lipinski definition) is 1. The van der Waals surface area contributed by atoms with Gasteiger partial charge >= 0.3 is 0 Å². The number of nitrogens with one attached hydrogen (secondary N) is 1. The van der Waals surface area contributed by atoms with Gasteiger partial charge in [-0.15, -0.1) is 0 Å². The van der Waals surface area contributed by atoms with E-state index < -0.39 is 0 Å². The molecular formula is C17H28FNO. The molecule has 3 heteroatoms. The molecule has 0 fully saturated rings. The molecule has 0 aliphatic rings. The van der Waals surface area contributed by atoms with Crippen molar-refractivity contribution in [3.63, 3.8) is 0 Å². The van der Waals surface area contributed by atoms with Crippen LogP contribution in [-0.4, -0.2) is 18.7 Å². The van der Waals surface area contributed by atoms with Gasteiger partial charge in [0.15, 0.2) is 0 Å². The lowest BCUT2D eigenvalue weighted by atomic mass is 10.1. The van der Waals surface area contributed by atoms with E-state index in [0.29, 0.717) is 19.1 Å². The van der Waals surface area contributed by atoms with Crippen molar-refractivity contribution in [2.24, 2.45) is 5.92 Å². The Labute approximate surface area is 122 Å². The molecule has 0 saturated carbocycles. The Bertz CT molecular complexity index is 398. The summed E-state index contributed by atoms with van der Waals surface area (Å²) in [6, 6.07) is 6.68. The number of benzene rings is 1. The number of hydrogen-bond acceptors (Lipinski definition) is 2. The van der Waals surface area contributed by atoms with Crippen LogP contribution in [0.4, 0.5) is 4.39 Å². The summed E-state index contributed by atoms with van der Waals surface area (Å²) in [5, 5.41) is 3.43. The van der Waals surface area contributed by atoms with Crippen LogP contribution in [0, 0.1) is 11.7 Å². The normalized spacial score (nSPS) is 13.8. The maximum atomic E-state index is 13.4. The van der Waals surface area contributed by atoms with Crippen molar-refractivity contribution in [1.82, 2.24) is 5.32 Å². The minimum atomic E-state index is -0.212. The summed E-state index contributed by atoms with van der Waals surface area (Å²) in [7, 11) is 0. The SMILES string of the molecule is CC(C)CCOC(CNC(C)(C)C)c1cccc(F)c1. The topological polar surface area (TPSA) is 21.3 Å². The van der Waals surface area contributed by atoms with Gasteiger partial charge < -0.3 is 10.1 Å². The quantitative estimate of drug-likeness (QED) is 0.803. The standard InChI is InChI=1S/C17H28FNO/c1-13(2)9-10-20-16(12-19-17(3,4)5)14-7-6-8-15(18)11-14/h6-8,11,13,16,19H,9-10,12H2,1-5H3. The average molecular weight is 281 g/mol. The fourth-order valence-corrected chi connectivity index (χ4v) is 1.82. The molecule has 0 heterocycles. The summed E-state index contributed by atoms with van der Waals surface area (Å²) in [6.45, 7) is 12.1. The second kappa shape index (κ2) is 7.75. The highest BCUT2D eigenvalue weighted by atomic mass is 19.1. The van der Waals surface area contributed by atoms with Crippen LogP contribution in [0.3, 0.4) is 0 Å². The minimum Gasteiger partial charge on any atom is -0.372 e. The van der Waals surface area contributed by atoms with Crippen LogP contribution in [0.1, 0.15) is 52.7 Å². The smallest absolute Gasteiger partial charge is 0.123 e. The molecule has 0 aliphatic carbocycles. The van der Waals surface area contributed by atoms with E-state index in [0.717, 1.165) is 12.0 Å². The van der Waals surface area contributed by atoms with Gasteiger partial charge in [-0.1, -0.05) is 26.0 Å². The van der Waals surface area contributed by atoms with Crippen LogP contribution < -0.4 is 5.32 Å². The molecule has 20 heavy (non-hydrogen) atoms. The van der Waals surface area contributed by atoms with Gasteiger partial charge in [0.2, 0.25) is 0 Å². The lowest BCUT2D eigenvalue weighted by Gasteiger charge is -2.26. The first-order valence-electron chi connectivity index (χ1n) is 7.40. The van der Waals surface area contributed by atoms with Crippen molar-refractivity contribution >= 4 is 0 Å². The van der Waals surface area contributed by atoms with Crippen molar-refractivity contribution in [1.29, 1.82) is 0 Å². The molecule has 0 aromatic heterocycles. The molecule has 0 radical (unpaired) electrons. The van der Waals surface area contributed by atoms with Gasteiger partial charge in [0.25, 0.3) is 0 Å². The fraction of sp³-hybridized carbons (Fsp3) is 0.647. The highest BCUT2D eigenvalue weighted by Crippen LogP contribution is 2.19. The van der Waals surface area contributed by atoms with Gasteiger partial charge in [0.05, 0.1) is 6.10 Å². The largest absolute Gasteiger partial charge is 0.372 e. The Morgan fingerprint density at radius 3 is 2.50 bits per heavy atom. The predicted octanol–water partition coefficient (Wildman–Crippen LogP) is 4.32. The van der Waals surface area contributed by atoms with Gasteiger partial charge in [-0.25, -0.2) is 4.39 Å². The highest BCUT2D eigenvalue weighted by molar-refractivity contribution is 5.19. The summed E-state index contributed by atoms with van der Waals surface area (Å²) in [6.07, 6.45) is 0.908. The van der Waals surface area contributed by atoms with E-state index in [-0.39, 0.29) is 17.5 Å². The van der Waals surface area contributed by atoms with Crippen LogP contribution >= 0.6 is 0 Å². The maximum Gasteiger partial charge on any atom is 0.123 e. The molecule has 1 N–H and O–H groups in total. The summed E-state index contributed by atoms with van der Waals surface area (Å²) < 4.78 is 19.3. The molecule has 1 aromatic rings. The third kappa shape index (κ3) is 7.01. The van der Waals surface area contributed by atoms with E-state index in [1.54, 1.807) is 12.1 Å². The Kier molecular flexibility index (Phi) is 6.63. The van der Waals surface area contributed by atoms with Crippen molar-refractivity contribution < 1.29 is 9.13 Å².